The van der Waals surface area contributed by atoms with Crippen LogP contribution in [0.2, 0.25) is 0 Å². The lowest BCUT2D eigenvalue weighted by Crippen LogP contribution is -1.77. The molecule has 0 atom stereocenters. The van der Waals surface area contributed by atoms with Crippen molar-refractivity contribution in [1.29, 1.82) is 5.41 Å². The first-order valence-corrected chi connectivity index (χ1v) is 4.57. The first kappa shape index (κ1) is 11.6. The molecule has 70 valence electrons. The fourth-order valence-electron chi connectivity index (χ4n) is 0.785. The molecular weight excluding hydrogens is 158 g/mol. The second kappa shape index (κ2) is 7.29. The molecule has 1 N–H and O–H groups in total. The van der Waals surface area contributed by atoms with Crippen LogP contribution in [0.3, 0.4) is 0 Å². The lowest BCUT2D eigenvalue weighted by Gasteiger charge is -1.89. The summed E-state index contributed by atoms with van der Waals surface area (Å²) in [6.07, 6.45) is 3.72. The van der Waals surface area contributed by atoms with Crippen LogP contribution in [-0.4, -0.2) is 5.71 Å². The largest absolute Gasteiger partial charge is 0.306 e. The normalized spacial score (nSPS) is 9.15. The van der Waals surface area contributed by atoms with Crippen LogP contribution in [0.5, 0.6) is 0 Å². The molecule has 0 fully saturated rings. The molecule has 0 saturated carbocycles. The van der Waals surface area contributed by atoms with Gasteiger partial charge in [-0.05, 0) is 18.6 Å². The Balaban J connectivity index is 0.000000671. The molecule has 1 aromatic rings. The van der Waals surface area contributed by atoms with Crippen molar-refractivity contribution in [2.75, 3.05) is 0 Å². The average Bonchev–Trinajstić information content (AvgIpc) is 2.19. The Morgan fingerprint density at radius 3 is 2.15 bits per heavy atom. The number of allylic oxidation sites excluding steroid dienone is 1. The monoisotopic (exact) mass is 175 g/mol. The van der Waals surface area contributed by atoms with Crippen molar-refractivity contribution in [3.8, 4) is 0 Å². The molecule has 1 heteroatoms. The molecule has 0 aromatic heterocycles. The topological polar surface area (TPSA) is 23.9 Å². The molecule has 0 aliphatic carbocycles. The van der Waals surface area contributed by atoms with Crippen LogP contribution in [0.25, 0.3) is 6.08 Å². The van der Waals surface area contributed by atoms with E-state index >= 15 is 0 Å². The number of rotatable bonds is 2. The van der Waals surface area contributed by atoms with Gasteiger partial charge in [0.05, 0.1) is 0 Å². The molecule has 1 aromatic carbocycles. The van der Waals surface area contributed by atoms with Crippen LogP contribution in [0.1, 0.15) is 26.3 Å². The van der Waals surface area contributed by atoms with Crippen LogP contribution < -0.4 is 0 Å². The van der Waals surface area contributed by atoms with Gasteiger partial charge in [0.15, 0.2) is 0 Å². The van der Waals surface area contributed by atoms with E-state index in [1.165, 1.54) is 0 Å². The number of hydrogen-bond donors (Lipinski definition) is 1. The van der Waals surface area contributed by atoms with Crippen molar-refractivity contribution < 1.29 is 0 Å². The molecule has 13 heavy (non-hydrogen) atoms. The van der Waals surface area contributed by atoms with Gasteiger partial charge in [0.25, 0.3) is 0 Å². The smallest absolute Gasteiger partial charge is 0.0283 e. The minimum atomic E-state index is 0.578. The van der Waals surface area contributed by atoms with Crippen molar-refractivity contribution in [2.45, 2.75) is 20.8 Å². The van der Waals surface area contributed by atoms with E-state index in [2.05, 4.69) is 0 Å². The van der Waals surface area contributed by atoms with Gasteiger partial charge in [0.1, 0.15) is 0 Å². The van der Waals surface area contributed by atoms with Gasteiger partial charge in [-0.2, -0.15) is 0 Å². The summed E-state index contributed by atoms with van der Waals surface area (Å²) in [5, 5.41) is 7.16. The summed E-state index contributed by atoms with van der Waals surface area (Å²) in [4.78, 5) is 0. The zero-order valence-electron chi connectivity index (χ0n) is 8.54. The lowest BCUT2D eigenvalue weighted by atomic mass is 10.2. The Bertz CT molecular complexity index is 260. The highest BCUT2D eigenvalue weighted by molar-refractivity contribution is 5.93. The van der Waals surface area contributed by atoms with Crippen molar-refractivity contribution in [3.63, 3.8) is 0 Å². The Hall–Kier alpha value is -1.37. The van der Waals surface area contributed by atoms with E-state index in [1.54, 1.807) is 13.0 Å². The third kappa shape index (κ3) is 5.85. The molecule has 0 unspecified atom stereocenters. The molecule has 1 nitrogen and oxygen atoms in total. The van der Waals surface area contributed by atoms with E-state index in [0.29, 0.717) is 5.71 Å². The summed E-state index contributed by atoms with van der Waals surface area (Å²) in [6.45, 7) is 5.76. The zero-order valence-corrected chi connectivity index (χ0v) is 8.54. The standard InChI is InChI=1S/C10H11N.C2H6/c1-9(11)7-8-10-5-3-2-4-6-10;1-2/h2-8,11H,1H3;1-2H3/b8-7+,11-9?;. The van der Waals surface area contributed by atoms with Crippen LogP contribution in [0.4, 0.5) is 0 Å². The van der Waals surface area contributed by atoms with Gasteiger partial charge in [-0.25, -0.2) is 0 Å². The fourth-order valence-corrected chi connectivity index (χ4v) is 0.785. The third-order valence-electron chi connectivity index (χ3n) is 1.33. The first-order chi connectivity index (χ1) is 6.29. The highest BCUT2D eigenvalue weighted by Crippen LogP contribution is 2.00. The summed E-state index contributed by atoms with van der Waals surface area (Å²) in [5.41, 5.74) is 1.72. The van der Waals surface area contributed by atoms with Crippen molar-refractivity contribution >= 4 is 11.8 Å². The molecule has 0 radical (unpaired) electrons. The van der Waals surface area contributed by atoms with Crippen molar-refractivity contribution in [2.24, 2.45) is 0 Å². The zero-order chi connectivity index (χ0) is 10.1. The molecule has 1 rings (SSSR count). The second-order valence-corrected chi connectivity index (χ2v) is 2.43. The molecule has 0 aliphatic rings. The summed E-state index contributed by atoms with van der Waals surface area (Å²) in [5.74, 6) is 0. The molecule has 0 heterocycles. The summed E-state index contributed by atoms with van der Waals surface area (Å²) in [6, 6.07) is 9.98. The Labute approximate surface area is 80.6 Å². The van der Waals surface area contributed by atoms with Crippen LogP contribution >= 0.6 is 0 Å². The quantitative estimate of drug-likeness (QED) is 0.662. The average molecular weight is 175 g/mol. The van der Waals surface area contributed by atoms with E-state index in [-0.39, 0.29) is 0 Å². The number of nitrogens with one attached hydrogen (secondary N) is 1. The molecule has 0 spiro atoms. The highest BCUT2D eigenvalue weighted by Gasteiger charge is 1.81. The van der Waals surface area contributed by atoms with E-state index in [4.69, 9.17) is 5.41 Å². The minimum absolute atomic E-state index is 0.578. The van der Waals surface area contributed by atoms with Gasteiger partial charge in [-0.3, -0.25) is 0 Å². The number of benzene rings is 1. The van der Waals surface area contributed by atoms with E-state index in [0.717, 1.165) is 5.56 Å². The Morgan fingerprint density at radius 2 is 1.69 bits per heavy atom. The van der Waals surface area contributed by atoms with Gasteiger partial charge in [0, 0.05) is 5.71 Å². The maximum absolute atomic E-state index is 7.16. The second-order valence-electron chi connectivity index (χ2n) is 2.43. The first-order valence-electron chi connectivity index (χ1n) is 4.57. The molecule has 0 saturated heterocycles. The van der Waals surface area contributed by atoms with E-state index in [9.17, 15) is 0 Å². The maximum Gasteiger partial charge on any atom is 0.0283 e. The molecule has 0 aliphatic heterocycles. The molecular formula is C12H17N. The van der Waals surface area contributed by atoms with Gasteiger partial charge in [-0.1, -0.05) is 50.3 Å². The number of hydrogen-bond acceptors (Lipinski definition) is 1. The van der Waals surface area contributed by atoms with Crippen LogP contribution in [0.15, 0.2) is 36.4 Å². The van der Waals surface area contributed by atoms with Gasteiger partial charge < -0.3 is 5.41 Å². The van der Waals surface area contributed by atoms with Crippen LogP contribution in [0, 0.1) is 5.41 Å². The maximum atomic E-state index is 7.16. The fraction of sp³-hybridized carbons (Fsp3) is 0.250. The van der Waals surface area contributed by atoms with Crippen molar-refractivity contribution in [3.05, 3.63) is 42.0 Å². The van der Waals surface area contributed by atoms with E-state index in [1.807, 2.05) is 50.3 Å². The molecule has 0 bridgehead atoms. The van der Waals surface area contributed by atoms with E-state index < -0.39 is 0 Å². The van der Waals surface area contributed by atoms with Crippen LogP contribution in [-0.2, 0) is 0 Å². The summed E-state index contributed by atoms with van der Waals surface area (Å²) >= 11 is 0. The third-order valence-corrected chi connectivity index (χ3v) is 1.33. The Kier molecular flexibility index (Phi) is 6.52. The highest BCUT2D eigenvalue weighted by atomic mass is 14.4. The minimum Gasteiger partial charge on any atom is -0.306 e. The molecule has 0 amide bonds. The lowest BCUT2D eigenvalue weighted by molar-refractivity contribution is 1.50. The van der Waals surface area contributed by atoms with Gasteiger partial charge >= 0.3 is 0 Å². The predicted molar refractivity (Wildman–Crippen MR) is 60.2 cm³/mol. The predicted octanol–water partition coefficient (Wildman–Crippen LogP) is 3.77. The summed E-state index contributed by atoms with van der Waals surface area (Å²) in [7, 11) is 0. The van der Waals surface area contributed by atoms with Gasteiger partial charge in [-0.15, -0.1) is 0 Å². The van der Waals surface area contributed by atoms with Crippen molar-refractivity contribution in [1.82, 2.24) is 0 Å². The SMILES string of the molecule is CC.CC(=N)/C=C/c1ccccc1. The summed E-state index contributed by atoms with van der Waals surface area (Å²) < 4.78 is 0. The Morgan fingerprint density at radius 1 is 1.15 bits per heavy atom. The van der Waals surface area contributed by atoms with Gasteiger partial charge in [0.2, 0.25) is 0 Å².